The summed E-state index contributed by atoms with van der Waals surface area (Å²) in [5, 5.41) is 13.2. The highest BCUT2D eigenvalue weighted by Gasteiger charge is 2.44. The van der Waals surface area contributed by atoms with Gasteiger partial charge < -0.3 is 10.4 Å². The van der Waals surface area contributed by atoms with E-state index in [4.69, 9.17) is 28.3 Å². The number of hydrogen-bond acceptors (Lipinski definition) is 2. The van der Waals surface area contributed by atoms with Crippen LogP contribution in [0.1, 0.15) is 44.1 Å². The van der Waals surface area contributed by atoms with Crippen LogP contribution in [0.15, 0.2) is 18.2 Å². The van der Waals surface area contributed by atoms with Gasteiger partial charge in [0.25, 0.3) is 0 Å². The fourth-order valence-corrected chi connectivity index (χ4v) is 3.22. The van der Waals surface area contributed by atoms with Crippen LogP contribution >= 0.6 is 23.2 Å². The molecule has 3 unspecified atom stereocenters. The number of carbonyl (C=O) groups excluding carboxylic acids is 1. The largest absolute Gasteiger partial charge is 0.396 e. The normalized spacial score (nSPS) is 21.5. The molecule has 5 heteroatoms. The third kappa shape index (κ3) is 4.61. The molecule has 1 amide bonds. The third-order valence-electron chi connectivity index (χ3n) is 4.30. The van der Waals surface area contributed by atoms with Gasteiger partial charge in [-0.2, -0.15) is 0 Å². The smallest absolute Gasteiger partial charge is 0.223 e. The molecule has 2 rings (SSSR count). The summed E-state index contributed by atoms with van der Waals surface area (Å²) < 4.78 is 0. The number of carbonyl (C=O) groups is 1. The lowest BCUT2D eigenvalue weighted by Gasteiger charge is -2.15. The van der Waals surface area contributed by atoms with E-state index >= 15 is 0 Å². The lowest BCUT2D eigenvalue weighted by atomic mass is 10.00. The first-order chi connectivity index (χ1) is 10.6. The molecular formula is C17H23Cl2NO2. The van der Waals surface area contributed by atoms with Crippen LogP contribution in [0.5, 0.6) is 0 Å². The van der Waals surface area contributed by atoms with Crippen LogP contribution in [0.3, 0.4) is 0 Å². The Bertz CT molecular complexity index is 515. The molecule has 1 aromatic rings. The summed E-state index contributed by atoms with van der Waals surface area (Å²) in [7, 11) is 0. The van der Waals surface area contributed by atoms with Gasteiger partial charge in [0, 0.05) is 19.1 Å². The van der Waals surface area contributed by atoms with Crippen molar-refractivity contribution in [3.05, 3.63) is 33.8 Å². The quantitative estimate of drug-likeness (QED) is 0.749. The molecular weight excluding hydrogens is 321 g/mol. The van der Waals surface area contributed by atoms with Crippen LogP contribution in [0.2, 0.25) is 10.0 Å². The van der Waals surface area contributed by atoms with Crippen LogP contribution in [-0.2, 0) is 4.79 Å². The predicted molar refractivity (Wildman–Crippen MR) is 90.4 cm³/mol. The topological polar surface area (TPSA) is 49.3 Å². The van der Waals surface area contributed by atoms with Crippen molar-refractivity contribution in [2.45, 2.75) is 38.5 Å². The Morgan fingerprint density at radius 3 is 2.77 bits per heavy atom. The maximum atomic E-state index is 12.2. The molecule has 0 heterocycles. The minimum atomic E-state index is 0.0358. The molecule has 0 bridgehead atoms. The van der Waals surface area contributed by atoms with Crippen molar-refractivity contribution >= 4 is 29.1 Å². The van der Waals surface area contributed by atoms with Gasteiger partial charge in [-0.15, -0.1) is 0 Å². The summed E-state index contributed by atoms with van der Waals surface area (Å²) in [4.78, 5) is 12.2. The molecule has 0 spiro atoms. The number of hydrogen-bond donors (Lipinski definition) is 2. The summed E-state index contributed by atoms with van der Waals surface area (Å²) in [5.41, 5.74) is 1.08. The maximum Gasteiger partial charge on any atom is 0.223 e. The van der Waals surface area contributed by atoms with E-state index in [0.717, 1.165) is 31.2 Å². The molecule has 3 nitrogen and oxygen atoms in total. The molecule has 3 atom stereocenters. The molecule has 0 aromatic heterocycles. The van der Waals surface area contributed by atoms with Gasteiger partial charge in [0.15, 0.2) is 0 Å². The Morgan fingerprint density at radius 2 is 2.14 bits per heavy atom. The van der Waals surface area contributed by atoms with Gasteiger partial charge in [-0.3, -0.25) is 4.79 Å². The standard InChI is InChI=1S/C17H23Cl2NO2/c1-2-3-11(6-7-21)10-20-17(22)14-9-13(14)12-4-5-15(18)16(19)8-12/h4-5,8,11,13-14,21H,2-3,6-7,9-10H2,1H3,(H,20,22). The molecule has 2 N–H and O–H groups in total. The van der Waals surface area contributed by atoms with Gasteiger partial charge in [0.2, 0.25) is 5.91 Å². The van der Waals surface area contributed by atoms with Crippen LogP contribution in [0, 0.1) is 11.8 Å². The van der Waals surface area contributed by atoms with Crippen molar-refractivity contribution < 1.29 is 9.90 Å². The average molecular weight is 344 g/mol. The molecule has 1 aromatic carbocycles. The fourth-order valence-electron chi connectivity index (χ4n) is 2.91. The number of rotatable bonds is 8. The third-order valence-corrected chi connectivity index (χ3v) is 5.04. The number of aliphatic hydroxyl groups excluding tert-OH is 1. The lowest BCUT2D eigenvalue weighted by molar-refractivity contribution is -0.122. The van der Waals surface area contributed by atoms with E-state index in [9.17, 15) is 4.79 Å². The van der Waals surface area contributed by atoms with E-state index in [0.29, 0.717) is 22.5 Å². The second kappa shape index (κ2) is 8.19. The van der Waals surface area contributed by atoms with Crippen LogP contribution in [0.4, 0.5) is 0 Å². The molecule has 1 saturated carbocycles. The van der Waals surface area contributed by atoms with Crippen LogP contribution in [0.25, 0.3) is 0 Å². The van der Waals surface area contributed by atoms with Gasteiger partial charge in [0.1, 0.15) is 0 Å². The Hall–Kier alpha value is -0.770. The zero-order chi connectivity index (χ0) is 16.1. The first-order valence-electron chi connectivity index (χ1n) is 7.90. The Balaban J connectivity index is 1.83. The molecule has 122 valence electrons. The van der Waals surface area contributed by atoms with Gasteiger partial charge in [-0.1, -0.05) is 42.6 Å². The highest BCUT2D eigenvalue weighted by atomic mass is 35.5. The van der Waals surface area contributed by atoms with E-state index in [2.05, 4.69) is 12.2 Å². The zero-order valence-electron chi connectivity index (χ0n) is 12.8. The Labute approximate surface area is 142 Å². The summed E-state index contributed by atoms with van der Waals surface area (Å²) >= 11 is 11.9. The lowest BCUT2D eigenvalue weighted by Crippen LogP contribution is -2.31. The highest BCUT2D eigenvalue weighted by Crippen LogP contribution is 2.48. The molecule has 22 heavy (non-hydrogen) atoms. The predicted octanol–water partition coefficient (Wildman–Crippen LogP) is 4.01. The van der Waals surface area contributed by atoms with E-state index < -0.39 is 0 Å². The number of amides is 1. The van der Waals surface area contributed by atoms with E-state index in [1.165, 1.54) is 0 Å². The monoisotopic (exact) mass is 343 g/mol. The van der Waals surface area contributed by atoms with E-state index in [1.807, 2.05) is 12.1 Å². The minimum Gasteiger partial charge on any atom is -0.396 e. The van der Waals surface area contributed by atoms with Crippen molar-refractivity contribution in [2.24, 2.45) is 11.8 Å². The zero-order valence-corrected chi connectivity index (χ0v) is 14.3. The minimum absolute atomic E-state index is 0.0358. The number of benzene rings is 1. The van der Waals surface area contributed by atoms with Gasteiger partial charge in [0.05, 0.1) is 10.0 Å². The van der Waals surface area contributed by atoms with Crippen molar-refractivity contribution in [1.82, 2.24) is 5.32 Å². The van der Waals surface area contributed by atoms with Gasteiger partial charge in [-0.25, -0.2) is 0 Å². The highest BCUT2D eigenvalue weighted by molar-refractivity contribution is 6.42. The second-order valence-electron chi connectivity index (χ2n) is 6.03. The molecule has 1 aliphatic rings. The van der Waals surface area contributed by atoms with Crippen molar-refractivity contribution in [2.75, 3.05) is 13.2 Å². The second-order valence-corrected chi connectivity index (χ2v) is 6.85. The molecule has 0 radical (unpaired) electrons. The summed E-state index contributed by atoms with van der Waals surface area (Å²) in [6.07, 6.45) is 3.70. The van der Waals surface area contributed by atoms with Gasteiger partial charge >= 0.3 is 0 Å². The van der Waals surface area contributed by atoms with Crippen LogP contribution in [-0.4, -0.2) is 24.2 Å². The Morgan fingerprint density at radius 1 is 1.36 bits per heavy atom. The van der Waals surface area contributed by atoms with Crippen molar-refractivity contribution in [3.8, 4) is 0 Å². The Kier molecular flexibility index (Phi) is 6.54. The summed E-state index contributed by atoms with van der Waals surface area (Å²) in [6.45, 7) is 2.95. The average Bonchev–Trinajstić information content (AvgIpc) is 3.28. The summed E-state index contributed by atoms with van der Waals surface area (Å²) in [5.74, 6) is 0.752. The molecule has 0 aliphatic heterocycles. The first-order valence-corrected chi connectivity index (χ1v) is 8.65. The summed E-state index contributed by atoms with van der Waals surface area (Å²) in [6, 6.07) is 5.58. The molecule has 1 fully saturated rings. The number of aliphatic hydroxyl groups is 1. The molecule has 1 aliphatic carbocycles. The first kappa shape index (κ1) is 17.6. The molecule has 0 saturated heterocycles. The van der Waals surface area contributed by atoms with E-state index in [1.54, 1.807) is 6.07 Å². The fraction of sp³-hybridized carbons (Fsp3) is 0.588. The van der Waals surface area contributed by atoms with Crippen molar-refractivity contribution in [3.63, 3.8) is 0 Å². The number of halogens is 2. The van der Waals surface area contributed by atoms with E-state index in [-0.39, 0.29) is 24.3 Å². The maximum absolute atomic E-state index is 12.2. The van der Waals surface area contributed by atoms with Crippen molar-refractivity contribution in [1.29, 1.82) is 0 Å². The SMILES string of the molecule is CCCC(CCO)CNC(=O)C1CC1c1ccc(Cl)c(Cl)c1. The van der Waals surface area contributed by atoms with Gasteiger partial charge in [-0.05, 0) is 48.8 Å². The van der Waals surface area contributed by atoms with Crippen LogP contribution < -0.4 is 5.32 Å². The number of nitrogens with one attached hydrogen (secondary N) is 1.